The largest absolute Gasteiger partial charge is 0.359 e. The zero-order chi connectivity index (χ0) is 9.26. The van der Waals surface area contributed by atoms with Crippen LogP contribution in [0, 0.1) is 5.21 Å². The van der Waals surface area contributed by atoms with Crippen molar-refractivity contribution >= 4 is 5.78 Å². The van der Waals surface area contributed by atoms with E-state index in [4.69, 9.17) is 0 Å². The minimum absolute atomic E-state index is 0.0169. The molecule has 2 rings (SSSR count). The van der Waals surface area contributed by atoms with Crippen molar-refractivity contribution in [3.05, 3.63) is 29.1 Å². The summed E-state index contributed by atoms with van der Waals surface area (Å²) < 4.78 is 8.42. The van der Waals surface area contributed by atoms with Crippen molar-refractivity contribution in [3.8, 4) is 0 Å². The average molecular weight is 182 g/mol. The number of rotatable bonds is 2. The number of nitrogens with zero attached hydrogens (tertiary/aromatic N) is 4. The van der Waals surface area contributed by atoms with Gasteiger partial charge in [0.15, 0.2) is 12.0 Å². The number of hydrogen-bond donors (Lipinski definition) is 0. The topological polar surface area (TPSA) is 109 Å². The van der Waals surface area contributed by atoms with Gasteiger partial charge in [-0.1, -0.05) is 0 Å². The fourth-order valence-corrected chi connectivity index (χ4v) is 0.744. The third kappa shape index (κ3) is 1.13. The molecule has 2 aromatic rings. The second-order valence-electron chi connectivity index (χ2n) is 2.08. The second-order valence-corrected chi connectivity index (χ2v) is 2.08. The zero-order valence-corrected chi connectivity index (χ0v) is 6.08. The van der Waals surface area contributed by atoms with Crippen molar-refractivity contribution in [2.45, 2.75) is 0 Å². The molecule has 0 amide bonds. The molecule has 8 nitrogen and oxygen atoms in total. The molecule has 0 fully saturated rings. The van der Waals surface area contributed by atoms with E-state index in [1.807, 2.05) is 0 Å². The molecule has 66 valence electrons. The Hall–Kier alpha value is -2.25. The fourth-order valence-electron chi connectivity index (χ4n) is 0.744. The molecule has 0 aliphatic rings. The summed E-state index contributed by atoms with van der Waals surface area (Å²) in [5.41, 5.74) is -0.344. The van der Waals surface area contributed by atoms with Gasteiger partial charge in [0.2, 0.25) is 6.20 Å². The van der Waals surface area contributed by atoms with Gasteiger partial charge in [0.1, 0.15) is 0 Å². The van der Waals surface area contributed by atoms with Crippen molar-refractivity contribution < 1.29 is 18.8 Å². The summed E-state index contributed by atoms with van der Waals surface area (Å²) in [5.74, 6) is -0.655. The quantitative estimate of drug-likeness (QED) is 0.429. The molecule has 0 radical (unpaired) electrons. The molecule has 0 aliphatic heterocycles. The first kappa shape index (κ1) is 7.40. The lowest BCUT2D eigenvalue weighted by atomic mass is 10.2. The lowest BCUT2D eigenvalue weighted by Crippen LogP contribution is -2.31. The van der Waals surface area contributed by atoms with Crippen LogP contribution in [0.15, 0.2) is 21.6 Å². The Morgan fingerprint density at radius 1 is 1.62 bits per heavy atom. The second kappa shape index (κ2) is 2.66. The van der Waals surface area contributed by atoms with Crippen LogP contribution in [0.1, 0.15) is 16.2 Å². The predicted octanol–water partition coefficient (Wildman–Crippen LogP) is -1.08. The third-order valence-electron chi connectivity index (χ3n) is 1.32. The Balaban J connectivity index is 2.39. The van der Waals surface area contributed by atoms with Crippen LogP contribution in [0.25, 0.3) is 0 Å². The van der Waals surface area contributed by atoms with Crippen LogP contribution >= 0.6 is 0 Å². The van der Waals surface area contributed by atoms with Crippen molar-refractivity contribution in [2.24, 2.45) is 0 Å². The summed E-state index contributed by atoms with van der Waals surface area (Å²) in [6.45, 7) is 0. The van der Waals surface area contributed by atoms with Gasteiger partial charge in [0.05, 0.1) is 0 Å². The van der Waals surface area contributed by atoms with Crippen LogP contribution in [-0.4, -0.2) is 21.3 Å². The first-order chi connectivity index (χ1) is 6.29. The van der Waals surface area contributed by atoms with Gasteiger partial charge >= 0.3 is 0 Å². The summed E-state index contributed by atoms with van der Waals surface area (Å²) in [4.78, 5) is 11.3. The van der Waals surface area contributed by atoms with Crippen molar-refractivity contribution in [3.63, 3.8) is 0 Å². The molecule has 0 saturated carbocycles. The summed E-state index contributed by atoms with van der Waals surface area (Å²) in [5, 5.41) is 20.3. The number of carbonyl (C=O) groups excluding carboxylic acids is 1. The van der Waals surface area contributed by atoms with E-state index < -0.39 is 5.78 Å². The maximum absolute atomic E-state index is 11.3. The third-order valence-corrected chi connectivity index (χ3v) is 1.32. The summed E-state index contributed by atoms with van der Waals surface area (Å²) in [6, 6.07) is 0. The molecule has 2 heterocycles. The van der Waals surface area contributed by atoms with Gasteiger partial charge in [-0.15, -0.1) is 5.10 Å². The van der Waals surface area contributed by atoms with Gasteiger partial charge in [0, 0.05) is 10.4 Å². The van der Waals surface area contributed by atoms with E-state index in [2.05, 4.69) is 24.7 Å². The molecule has 13 heavy (non-hydrogen) atoms. The van der Waals surface area contributed by atoms with Gasteiger partial charge in [-0.3, -0.25) is 9.42 Å². The van der Waals surface area contributed by atoms with Crippen LogP contribution in [0.5, 0.6) is 0 Å². The summed E-state index contributed by atoms with van der Waals surface area (Å²) in [7, 11) is 0. The minimum atomic E-state index is -0.655. The van der Waals surface area contributed by atoms with E-state index in [1.165, 1.54) is 0 Å². The van der Waals surface area contributed by atoms with Crippen molar-refractivity contribution in [1.29, 1.82) is 0 Å². The molecular formula is C5H2N4O4. The van der Waals surface area contributed by atoms with Crippen LogP contribution in [0.4, 0.5) is 0 Å². The molecule has 0 N–H and O–H groups in total. The Kier molecular flexibility index (Phi) is 1.51. The maximum atomic E-state index is 11.3. The molecular weight excluding hydrogens is 180 g/mol. The molecule has 0 saturated heterocycles. The monoisotopic (exact) mass is 182 g/mol. The molecule has 0 aromatic carbocycles. The number of aromatic nitrogens is 4. The smallest absolute Gasteiger partial charge is 0.267 e. The van der Waals surface area contributed by atoms with Gasteiger partial charge in [-0.05, 0) is 4.90 Å². The van der Waals surface area contributed by atoms with Gasteiger partial charge in [-0.25, -0.2) is 0 Å². The van der Waals surface area contributed by atoms with Gasteiger partial charge in [-0.2, -0.15) is 0 Å². The fraction of sp³-hybridized carbons (Fsp3) is 0. The molecule has 0 atom stereocenters. The Labute approximate surface area is 70.3 Å². The van der Waals surface area contributed by atoms with E-state index >= 15 is 0 Å². The van der Waals surface area contributed by atoms with Gasteiger partial charge in [0.25, 0.3) is 11.5 Å². The Bertz CT molecular complexity index is 419. The van der Waals surface area contributed by atoms with Crippen molar-refractivity contribution in [1.82, 2.24) is 15.5 Å². The summed E-state index contributed by atoms with van der Waals surface area (Å²) >= 11 is 0. The van der Waals surface area contributed by atoms with Crippen LogP contribution in [-0.2, 0) is 0 Å². The molecule has 8 heteroatoms. The predicted molar refractivity (Wildman–Crippen MR) is 33.2 cm³/mol. The lowest BCUT2D eigenvalue weighted by Gasteiger charge is -1.88. The zero-order valence-electron chi connectivity index (χ0n) is 6.08. The van der Waals surface area contributed by atoms with E-state index in [0.717, 1.165) is 12.5 Å². The average Bonchev–Trinajstić information content (AvgIpc) is 2.72. The highest BCUT2D eigenvalue weighted by Crippen LogP contribution is 2.00. The van der Waals surface area contributed by atoms with E-state index in [9.17, 15) is 10.0 Å². The number of ketones is 1. The van der Waals surface area contributed by atoms with Crippen molar-refractivity contribution in [2.75, 3.05) is 0 Å². The van der Waals surface area contributed by atoms with E-state index in [1.54, 1.807) is 0 Å². The number of hydrogen-bond acceptors (Lipinski definition) is 7. The van der Waals surface area contributed by atoms with E-state index in [-0.39, 0.29) is 16.3 Å². The molecule has 2 aromatic heterocycles. The highest BCUT2D eigenvalue weighted by Gasteiger charge is 2.22. The van der Waals surface area contributed by atoms with Crippen LogP contribution in [0.2, 0.25) is 0 Å². The standard InChI is InChI=1S/C5H2N4O4/c10-5(3-2-12-8-7-3)4-1-6-13-9(4)11/h1-2H. The SMILES string of the molecule is O=C(c1conn1)c1cno[n+]1[O-]. The normalized spacial score (nSPS) is 10.2. The Morgan fingerprint density at radius 2 is 2.46 bits per heavy atom. The Morgan fingerprint density at radius 3 is 3.00 bits per heavy atom. The molecule has 0 spiro atoms. The maximum Gasteiger partial charge on any atom is 0.267 e. The number of carbonyl (C=O) groups is 1. The highest BCUT2D eigenvalue weighted by molar-refractivity contribution is 6.04. The first-order valence-electron chi connectivity index (χ1n) is 3.15. The molecule has 0 aliphatic carbocycles. The minimum Gasteiger partial charge on any atom is -0.359 e. The molecule has 0 unspecified atom stereocenters. The van der Waals surface area contributed by atoms with E-state index in [0.29, 0.717) is 0 Å². The van der Waals surface area contributed by atoms with Gasteiger partial charge < -0.3 is 9.73 Å². The highest BCUT2D eigenvalue weighted by atomic mass is 16.8. The molecule has 0 bridgehead atoms. The summed E-state index contributed by atoms with van der Waals surface area (Å²) in [6.07, 6.45) is 2.01. The lowest BCUT2D eigenvalue weighted by molar-refractivity contribution is -0.803. The van der Waals surface area contributed by atoms with Crippen LogP contribution in [0.3, 0.4) is 0 Å². The van der Waals surface area contributed by atoms with Crippen LogP contribution < -0.4 is 4.90 Å². The first-order valence-corrected chi connectivity index (χ1v) is 3.15.